The molecule has 0 aliphatic rings. The van der Waals surface area contributed by atoms with Crippen molar-refractivity contribution in [3.63, 3.8) is 0 Å². The molecule has 108 valence electrons. The topological polar surface area (TPSA) is 57.4 Å². The minimum atomic E-state index is 0.731. The van der Waals surface area contributed by atoms with Crippen molar-refractivity contribution >= 4 is 10.9 Å². The van der Waals surface area contributed by atoms with Crippen LogP contribution in [0, 0.1) is 0 Å². The largest absolute Gasteiger partial charge is 0.361 e. The van der Waals surface area contributed by atoms with Crippen LogP contribution in [-0.2, 0) is 12.8 Å². The van der Waals surface area contributed by atoms with E-state index in [1.165, 1.54) is 16.5 Å². The molecule has 4 rings (SSSR count). The molecule has 2 N–H and O–H groups in total. The fraction of sp³-hybridized carbons (Fsp3) is 0.111. The summed E-state index contributed by atoms with van der Waals surface area (Å²) in [4.78, 5) is 7.90. The Morgan fingerprint density at radius 2 is 1.68 bits per heavy atom. The number of aromatic nitrogens is 4. The highest BCUT2D eigenvalue weighted by Crippen LogP contribution is 2.19. The number of nitrogens with one attached hydrogen (secondary N) is 2. The first-order valence-electron chi connectivity index (χ1n) is 7.37. The van der Waals surface area contributed by atoms with Crippen molar-refractivity contribution in [2.24, 2.45) is 0 Å². The summed E-state index contributed by atoms with van der Waals surface area (Å²) in [7, 11) is 0. The van der Waals surface area contributed by atoms with Crippen LogP contribution in [0.4, 0.5) is 0 Å². The van der Waals surface area contributed by atoms with Crippen LogP contribution in [-0.4, -0.2) is 20.2 Å². The zero-order chi connectivity index (χ0) is 14.8. The summed E-state index contributed by atoms with van der Waals surface area (Å²) in [6.45, 7) is 0. The smallest absolute Gasteiger partial charge is 0.155 e. The number of hydrogen-bond acceptors (Lipinski definition) is 2. The molecule has 22 heavy (non-hydrogen) atoms. The lowest BCUT2D eigenvalue weighted by molar-refractivity contribution is 0.959. The van der Waals surface area contributed by atoms with Gasteiger partial charge in [-0.05, 0) is 17.2 Å². The van der Waals surface area contributed by atoms with Crippen LogP contribution in [0.2, 0.25) is 0 Å². The Kier molecular flexibility index (Phi) is 3.20. The van der Waals surface area contributed by atoms with E-state index in [0.29, 0.717) is 0 Å². The fourth-order valence-electron chi connectivity index (χ4n) is 2.73. The number of benzene rings is 2. The molecule has 2 aromatic heterocycles. The van der Waals surface area contributed by atoms with Crippen molar-refractivity contribution in [1.29, 1.82) is 0 Å². The number of aromatic amines is 2. The van der Waals surface area contributed by atoms with Gasteiger partial charge >= 0.3 is 0 Å². The lowest BCUT2D eigenvalue weighted by Crippen LogP contribution is -1.92. The van der Waals surface area contributed by atoms with Crippen molar-refractivity contribution in [3.8, 4) is 0 Å². The third kappa shape index (κ3) is 2.51. The van der Waals surface area contributed by atoms with Gasteiger partial charge in [-0.25, -0.2) is 4.98 Å². The molecule has 4 nitrogen and oxygen atoms in total. The third-order valence-electron chi connectivity index (χ3n) is 3.82. The van der Waals surface area contributed by atoms with E-state index in [2.05, 4.69) is 50.5 Å². The number of rotatable bonds is 4. The van der Waals surface area contributed by atoms with Gasteiger partial charge in [0.2, 0.25) is 0 Å². The molecule has 0 radical (unpaired) electrons. The summed E-state index contributed by atoms with van der Waals surface area (Å²) >= 11 is 0. The van der Waals surface area contributed by atoms with Gasteiger partial charge in [0, 0.05) is 29.9 Å². The van der Waals surface area contributed by atoms with E-state index in [1.54, 1.807) is 0 Å². The number of para-hydroxylation sites is 1. The number of H-pyrrole nitrogens is 2. The van der Waals surface area contributed by atoms with Crippen LogP contribution in [0.15, 0.2) is 60.8 Å². The second kappa shape index (κ2) is 5.48. The predicted molar refractivity (Wildman–Crippen MR) is 86.7 cm³/mol. The number of nitrogens with zero attached hydrogens (tertiary/aromatic N) is 2. The molecule has 0 fully saturated rings. The van der Waals surface area contributed by atoms with Crippen molar-refractivity contribution in [1.82, 2.24) is 20.2 Å². The van der Waals surface area contributed by atoms with Crippen LogP contribution in [0.1, 0.15) is 22.8 Å². The van der Waals surface area contributed by atoms with Gasteiger partial charge in [0.1, 0.15) is 5.82 Å². The Labute approximate surface area is 128 Å². The predicted octanol–water partition coefficient (Wildman–Crippen LogP) is 3.47. The van der Waals surface area contributed by atoms with E-state index in [0.717, 1.165) is 30.0 Å². The molecule has 4 heteroatoms. The lowest BCUT2D eigenvalue weighted by atomic mass is 10.1. The molecule has 2 aromatic carbocycles. The van der Waals surface area contributed by atoms with Gasteiger partial charge in [-0.3, -0.25) is 5.10 Å². The second-order valence-corrected chi connectivity index (χ2v) is 5.40. The highest BCUT2D eigenvalue weighted by atomic mass is 15.2. The summed E-state index contributed by atoms with van der Waals surface area (Å²) in [6.07, 6.45) is 3.55. The van der Waals surface area contributed by atoms with Gasteiger partial charge in [-0.1, -0.05) is 48.5 Å². The molecule has 4 aromatic rings. The van der Waals surface area contributed by atoms with Crippen LogP contribution in [0.3, 0.4) is 0 Å². The van der Waals surface area contributed by atoms with Gasteiger partial charge in [-0.15, -0.1) is 0 Å². The van der Waals surface area contributed by atoms with E-state index < -0.39 is 0 Å². The Morgan fingerprint density at radius 3 is 2.59 bits per heavy atom. The summed E-state index contributed by atoms with van der Waals surface area (Å²) in [5.74, 6) is 1.73. The first kappa shape index (κ1) is 12.8. The first-order chi connectivity index (χ1) is 10.9. The SMILES string of the molecule is c1ccc(Cc2nc(Cc3c[nH]c4ccccc34)n[nH]2)cc1. The summed E-state index contributed by atoms with van der Waals surface area (Å²) in [6, 6.07) is 18.6. The Balaban J connectivity index is 1.54. The maximum Gasteiger partial charge on any atom is 0.155 e. The zero-order valence-electron chi connectivity index (χ0n) is 12.1. The number of fused-ring (bicyclic) bond motifs is 1. The minimum absolute atomic E-state index is 0.731. The zero-order valence-corrected chi connectivity index (χ0v) is 12.1. The molecule has 0 atom stereocenters. The van der Waals surface area contributed by atoms with E-state index in [-0.39, 0.29) is 0 Å². The second-order valence-electron chi connectivity index (χ2n) is 5.40. The molecule has 0 amide bonds. The van der Waals surface area contributed by atoms with Crippen molar-refractivity contribution < 1.29 is 0 Å². The molecule has 0 bridgehead atoms. The van der Waals surface area contributed by atoms with Crippen molar-refractivity contribution in [3.05, 3.63) is 83.6 Å². The molecule has 2 heterocycles. The van der Waals surface area contributed by atoms with E-state index in [9.17, 15) is 0 Å². The highest BCUT2D eigenvalue weighted by molar-refractivity contribution is 5.83. The van der Waals surface area contributed by atoms with Crippen LogP contribution >= 0.6 is 0 Å². The maximum absolute atomic E-state index is 4.61. The van der Waals surface area contributed by atoms with Gasteiger partial charge in [-0.2, -0.15) is 5.10 Å². The third-order valence-corrected chi connectivity index (χ3v) is 3.82. The quantitative estimate of drug-likeness (QED) is 0.604. The Morgan fingerprint density at radius 1 is 0.864 bits per heavy atom. The van der Waals surface area contributed by atoms with Gasteiger partial charge in [0.25, 0.3) is 0 Å². The molecule has 0 saturated carbocycles. The van der Waals surface area contributed by atoms with E-state index in [4.69, 9.17) is 0 Å². The Hall–Kier alpha value is -2.88. The van der Waals surface area contributed by atoms with Crippen molar-refractivity contribution in [2.75, 3.05) is 0 Å². The normalized spacial score (nSPS) is 11.1. The maximum atomic E-state index is 4.61. The standard InChI is InChI=1S/C18H16N4/c1-2-6-13(7-3-1)10-17-20-18(22-21-17)11-14-12-19-16-9-5-4-8-15(14)16/h1-9,12,19H,10-11H2,(H,20,21,22). The Bertz CT molecular complexity index is 890. The molecular formula is C18H16N4. The summed E-state index contributed by atoms with van der Waals surface area (Å²) in [5, 5.41) is 8.62. The highest BCUT2D eigenvalue weighted by Gasteiger charge is 2.08. The average molecular weight is 288 g/mol. The molecule has 0 aliphatic carbocycles. The summed E-state index contributed by atoms with van der Waals surface area (Å²) in [5.41, 5.74) is 3.61. The monoisotopic (exact) mass is 288 g/mol. The van der Waals surface area contributed by atoms with E-state index >= 15 is 0 Å². The lowest BCUT2D eigenvalue weighted by Gasteiger charge is -1.96. The van der Waals surface area contributed by atoms with Crippen LogP contribution in [0.25, 0.3) is 10.9 Å². The average Bonchev–Trinajstić information content (AvgIpc) is 3.17. The van der Waals surface area contributed by atoms with E-state index in [1.807, 2.05) is 30.5 Å². The van der Waals surface area contributed by atoms with Crippen molar-refractivity contribution in [2.45, 2.75) is 12.8 Å². The fourth-order valence-corrected chi connectivity index (χ4v) is 2.73. The molecule has 0 unspecified atom stereocenters. The van der Waals surface area contributed by atoms with Gasteiger partial charge in [0.15, 0.2) is 5.82 Å². The van der Waals surface area contributed by atoms with Gasteiger partial charge < -0.3 is 4.98 Å². The summed E-state index contributed by atoms with van der Waals surface area (Å²) < 4.78 is 0. The molecule has 0 saturated heterocycles. The van der Waals surface area contributed by atoms with Crippen LogP contribution < -0.4 is 0 Å². The molecule has 0 spiro atoms. The number of hydrogen-bond donors (Lipinski definition) is 2. The first-order valence-corrected chi connectivity index (χ1v) is 7.37. The minimum Gasteiger partial charge on any atom is -0.361 e. The molecule has 0 aliphatic heterocycles. The van der Waals surface area contributed by atoms with Gasteiger partial charge in [0.05, 0.1) is 0 Å². The molecular weight excluding hydrogens is 272 g/mol. The van der Waals surface area contributed by atoms with Crippen LogP contribution in [0.5, 0.6) is 0 Å².